The van der Waals surface area contributed by atoms with Crippen LogP contribution in [0.2, 0.25) is 0 Å². The van der Waals surface area contributed by atoms with Crippen molar-refractivity contribution in [1.82, 2.24) is 14.8 Å². The van der Waals surface area contributed by atoms with Crippen LogP contribution < -0.4 is 15.0 Å². The summed E-state index contributed by atoms with van der Waals surface area (Å²) in [7, 11) is 0. The molecule has 0 radical (unpaired) electrons. The topological polar surface area (TPSA) is 89.3 Å². The van der Waals surface area contributed by atoms with Crippen LogP contribution in [-0.4, -0.2) is 51.4 Å². The number of nitrogens with zero attached hydrogens (tertiary/aromatic N) is 4. The Morgan fingerprint density at radius 1 is 1.23 bits per heavy atom. The van der Waals surface area contributed by atoms with E-state index >= 15 is 0 Å². The summed E-state index contributed by atoms with van der Waals surface area (Å²) in [5, 5.41) is 12.2. The number of aromatic nitrogens is 3. The van der Waals surface area contributed by atoms with Crippen molar-refractivity contribution >= 4 is 35.1 Å². The van der Waals surface area contributed by atoms with Crippen molar-refractivity contribution in [3.8, 4) is 5.75 Å². The highest BCUT2D eigenvalue weighted by Crippen LogP contribution is 2.42. The predicted molar refractivity (Wildman–Crippen MR) is 119 cm³/mol. The summed E-state index contributed by atoms with van der Waals surface area (Å²) in [5.41, 5.74) is 1.09. The van der Waals surface area contributed by atoms with Crippen LogP contribution in [0.1, 0.15) is 55.9 Å². The number of Topliss-reactive ketones (excluding diaryl/α,β-unsaturated/α-hetero) is 1. The van der Waals surface area contributed by atoms with Gasteiger partial charge in [-0.1, -0.05) is 18.7 Å². The van der Waals surface area contributed by atoms with Crippen LogP contribution >= 0.6 is 11.8 Å². The molecule has 1 N–H and O–H groups in total. The number of ketones is 1. The third kappa shape index (κ3) is 4.15. The second-order valence-corrected chi connectivity index (χ2v) is 10.0. The summed E-state index contributed by atoms with van der Waals surface area (Å²) in [6, 6.07) is 5.62. The molecular weight excluding hydrogens is 414 g/mol. The molecule has 1 amide bonds. The van der Waals surface area contributed by atoms with Crippen LogP contribution in [0.3, 0.4) is 0 Å². The molecule has 1 saturated carbocycles. The van der Waals surface area contributed by atoms with Gasteiger partial charge in [-0.05, 0) is 56.7 Å². The van der Waals surface area contributed by atoms with Gasteiger partial charge in [0, 0.05) is 24.7 Å². The summed E-state index contributed by atoms with van der Waals surface area (Å²) in [4.78, 5) is 27.0. The number of ether oxygens (including phenoxy) is 1. The number of thioether (sulfide) groups is 1. The summed E-state index contributed by atoms with van der Waals surface area (Å²) in [6.45, 7) is 6.22. The van der Waals surface area contributed by atoms with E-state index < -0.39 is 0 Å². The first kappa shape index (κ1) is 20.4. The normalized spacial score (nSPS) is 20.1. The molecule has 31 heavy (non-hydrogen) atoms. The number of carbonyl (C=O) groups excluding carboxylic acids is 2. The number of fused-ring (bicyclic) bond motifs is 1. The Balaban J connectivity index is 1.33. The standard InChI is InChI=1S/C22H27N5O3S/c1-13-7-9-26(10-8-13)21-24-25-22(27(21)16-4-5-16)31-14(2)20(29)15-3-6-18-17(11-15)23-19(28)12-30-18/h3,6,11,13-14,16H,4-5,7-10,12H2,1-2H3,(H,23,28). The average Bonchev–Trinajstić information content (AvgIpc) is 3.53. The lowest BCUT2D eigenvalue weighted by Gasteiger charge is -2.31. The zero-order chi connectivity index (χ0) is 21.5. The SMILES string of the molecule is CC1CCN(c2nnc(SC(C)C(=O)c3ccc4c(c3)NC(=O)CO4)n2C2CC2)CC1. The van der Waals surface area contributed by atoms with Crippen molar-refractivity contribution in [3.05, 3.63) is 23.8 Å². The second-order valence-electron chi connectivity index (χ2n) is 8.73. The van der Waals surface area contributed by atoms with E-state index in [9.17, 15) is 9.59 Å². The van der Waals surface area contributed by atoms with Crippen molar-refractivity contribution in [2.24, 2.45) is 5.92 Å². The Labute approximate surface area is 185 Å². The van der Waals surface area contributed by atoms with Crippen molar-refractivity contribution < 1.29 is 14.3 Å². The maximum Gasteiger partial charge on any atom is 0.262 e. The summed E-state index contributed by atoms with van der Waals surface area (Å²) < 4.78 is 7.63. The molecule has 1 saturated heterocycles. The maximum absolute atomic E-state index is 13.1. The molecule has 5 rings (SSSR count). The number of benzene rings is 1. The summed E-state index contributed by atoms with van der Waals surface area (Å²) in [6.07, 6.45) is 4.62. The van der Waals surface area contributed by atoms with Gasteiger partial charge in [0.1, 0.15) is 5.75 Å². The third-order valence-corrected chi connectivity index (χ3v) is 7.23. The van der Waals surface area contributed by atoms with Crippen molar-refractivity contribution in [2.75, 3.05) is 29.9 Å². The largest absolute Gasteiger partial charge is 0.482 e. The molecule has 3 heterocycles. The minimum absolute atomic E-state index is 0.00162. The minimum Gasteiger partial charge on any atom is -0.482 e. The molecule has 1 atom stereocenters. The van der Waals surface area contributed by atoms with Gasteiger partial charge in [-0.15, -0.1) is 10.2 Å². The number of amides is 1. The van der Waals surface area contributed by atoms with Crippen LogP contribution in [0.4, 0.5) is 11.6 Å². The molecule has 8 nitrogen and oxygen atoms in total. The van der Waals surface area contributed by atoms with Crippen LogP contribution in [-0.2, 0) is 4.79 Å². The molecule has 0 spiro atoms. The highest BCUT2D eigenvalue weighted by molar-refractivity contribution is 8.00. The predicted octanol–water partition coefficient (Wildman–Crippen LogP) is 3.54. The smallest absolute Gasteiger partial charge is 0.262 e. The van der Waals surface area contributed by atoms with Gasteiger partial charge in [-0.2, -0.15) is 0 Å². The van der Waals surface area contributed by atoms with Crippen molar-refractivity contribution in [3.63, 3.8) is 0 Å². The third-order valence-electron chi connectivity index (χ3n) is 6.17. The molecule has 3 aliphatic rings. The molecule has 9 heteroatoms. The van der Waals surface area contributed by atoms with Gasteiger partial charge in [0.25, 0.3) is 5.91 Å². The fourth-order valence-corrected chi connectivity index (χ4v) is 5.10. The highest BCUT2D eigenvalue weighted by Gasteiger charge is 2.34. The number of anilines is 2. The van der Waals surface area contributed by atoms with Gasteiger partial charge in [0.2, 0.25) is 5.95 Å². The summed E-state index contributed by atoms with van der Waals surface area (Å²) in [5.74, 6) is 2.07. The number of hydrogen-bond acceptors (Lipinski definition) is 7. The first-order valence-electron chi connectivity index (χ1n) is 11.0. The van der Waals surface area contributed by atoms with Gasteiger partial charge in [-0.25, -0.2) is 0 Å². The summed E-state index contributed by atoms with van der Waals surface area (Å²) >= 11 is 1.46. The Morgan fingerprint density at radius 3 is 2.74 bits per heavy atom. The lowest BCUT2D eigenvalue weighted by atomic mass is 10.00. The first-order chi connectivity index (χ1) is 15.0. The number of hydrogen-bond donors (Lipinski definition) is 1. The van der Waals surface area contributed by atoms with E-state index in [1.54, 1.807) is 18.2 Å². The number of nitrogens with one attached hydrogen (secondary N) is 1. The molecular formula is C22H27N5O3S. The molecule has 2 aromatic rings. The molecule has 1 unspecified atom stereocenters. The van der Waals surface area contributed by atoms with Crippen LogP contribution in [0.15, 0.2) is 23.4 Å². The molecule has 164 valence electrons. The molecule has 0 bridgehead atoms. The zero-order valence-corrected chi connectivity index (χ0v) is 18.7. The van der Waals surface area contributed by atoms with Gasteiger partial charge in [-0.3, -0.25) is 14.2 Å². The van der Waals surface area contributed by atoms with E-state index in [0.717, 1.165) is 43.0 Å². The van der Waals surface area contributed by atoms with Crippen LogP contribution in [0, 0.1) is 5.92 Å². The fraction of sp³-hybridized carbons (Fsp3) is 0.545. The maximum atomic E-state index is 13.1. The number of piperidine rings is 1. The van der Waals surface area contributed by atoms with Gasteiger partial charge >= 0.3 is 0 Å². The van der Waals surface area contributed by atoms with Crippen LogP contribution in [0.5, 0.6) is 5.75 Å². The van der Waals surface area contributed by atoms with Gasteiger partial charge in [0.05, 0.1) is 10.9 Å². The zero-order valence-electron chi connectivity index (χ0n) is 17.8. The van der Waals surface area contributed by atoms with Crippen molar-refractivity contribution in [2.45, 2.75) is 56.0 Å². The van der Waals surface area contributed by atoms with Crippen LogP contribution in [0.25, 0.3) is 0 Å². The average molecular weight is 442 g/mol. The minimum atomic E-state index is -0.325. The molecule has 1 aromatic heterocycles. The van der Waals surface area contributed by atoms with Gasteiger partial charge < -0.3 is 15.0 Å². The van der Waals surface area contributed by atoms with E-state index in [4.69, 9.17) is 4.74 Å². The van der Waals surface area contributed by atoms with E-state index in [2.05, 4.69) is 31.9 Å². The monoisotopic (exact) mass is 441 g/mol. The quantitative estimate of drug-likeness (QED) is 0.542. The lowest BCUT2D eigenvalue weighted by Crippen LogP contribution is -2.34. The highest BCUT2D eigenvalue weighted by atomic mass is 32.2. The number of carbonyl (C=O) groups is 2. The van der Waals surface area contributed by atoms with E-state index in [0.29, 0.717) is 23.0 Å². The van der Waals surface area contributed by atoms with Gasteiger partial charge in [0.15, 0.2) is 17.5 Å². The molecule has 2 aliphatic heterocycles. The Hall–Kier alpha value is -2.55. The van der Waals surface area contributed by atoms with E-state index in [1.165, 1.54) is 24.6 Å². The Morgan fingerprint density at radius 2 is 2.00 bits per heavy atom. The second kappa shape index (κ2) is 8.18. The Kier molecular flexibility index (Phi) is 5.37. The Bertz CT molecular complexity index is 1010. The molecule has 1 aliphatic carbocycles. The van der Waals surface area contributed by atoms with Crippen molar-refractivity contribution in [1.29, 1.82) is 0 Å². The van der Waals surface area contributed by atoms with E-state index in [-0.39, 0.29) is 23.5 Å². The van der Waals surface area contributed by atoms with E-state index in [1.807, 2.05) is 6.92 Å². The lowest BCUT2D eigenvalue weighted by molar-refractivity contribution is -0.118. The fourth-order valence-electron chi connectivity index (χ4n) is 4.11. The molecule has 1 aromatic carbocycles. The number of rotatable bonds is 6. The first-order valence-corrected chi connectivity index (χ1v) is 11.8. The molecule has 2 fully saturated rings.